The van der Waals surface area contributed by atoms with Crippen LogP contribution in [0.4, 0.5) is 0 Å². The van der Waals surface area contributed by atoms with Crippen molar-refractivity contribution in [2.24, 2.45) is 7.05 Å². The standard InChI is InChI=1S/C10H13N3/c1-4-8-5-6-11-10-9(8)7(2)12-13(10)3/h5-6H,4H2,1-3H3. The summed E-state index contributed by atoms with van der Waals surface area (Å²) in [5.41, 5.74) is 3.38. The smallest absolute Gasteiger partial charge is 0.157 e. The number of hydrogen-bond donors (Lipinski definition) is 0. The van der Waals surface area contributed by atoms with E-state index < -0.39 is 0 Å². The van der Waals surface area contributed by atoms with E-state index in [0.717, 1.165) is 17.8 Å². The summed E-state index contributed by atoms with van der Waals surface area (Å²) in [6, 6.07) is 2.07. The van der Waals surface area contributed by atoms with Crippen molar-refractivity contribution in [2.45, 2.75) is 20.3 Å². The second-order valence-electron chi connectivity index (χ2n) is 3.23. The highest BCUT2D eigenvalue weighted by atomic mass is 15.3. The van der Waals surface area contributed by atoms with Gasteiger partial charge in [0.05, 0.1) is 5.69 Å². The molecule has 0 aliphatic rings. The molecule has 0 atom stereocenters. The minimum Gasteiger partial charge on any atom is -0.250 e. The molecule has 2 aromatic heterocycles. The molecule has 2 rings (SSSR count). The molecule has 3 heteroatoms. The number of rotatable bonds is 1. The van der Waals surface area contributed by atoms with Crippen molar-refractivity contribution < 1.29 is 0 Å². The third-order valence-corrected chi connectivity index (χ3v) is 2.37. The Morgan fingerprint density at radius 3 is 2.92 bits per heavy atom. The molecule has 0 aliphatic heterocycles. The Morgan fingerprint density at radius 2 is 2.23 bits per heavy atom. The Morgan fingerprint density at radius 1 is 1.46 bits per heavy atom. The minimum atomic E-state index is 0.983. The van der Waals surface area contributed by atoms with E-state index in [-0.39, 0.29) is 0 Å². The van der Waals surface area contributed by atoms with Crippen LogP contribution >= 0.6 is 0 Å². The van der Waals surface area contributed by atoms with Crippen LogP contribution in [0.25, 0.3) is 11.0 Å². The first-order valence-electron chi connectivity index (χ1n) is 4.51. The van der Waals surface area contributed by atoms with Gasteiger partial charge < -0.3 is 0 Å². The monoisotopic (exact) mass is 175 g/mol. The third-order valence-electron chi connectivity index (χ3n) is 2.37. The topological polar surface area (TPSA) is 30.7 Å². The van der Waals surface area contributed by atoms with Crippen molar-refractivity contribution in [1.82, 2.24) is 14.8 Å². The highest BCUT2D eigenvalue weighted by Crippen LogP contribution is 2.19. The first-order valence-corrected chi connectivity index (χ1v) is 4.51. The van der Waals surface area contributed by atoms with Gasteiger partial charge in [0.15, 0.2) is 5.65 Å². The lowest BCUT2D eigenvalue weighted by Crippen LogP contribution is -1.92. The number of fused-ring (bicyclic) bond motifs is 1. The van der Waals surface area contributed by atoms with E-state index in [4.69, 9.17) is 0 Å². The molecule has 0 amide bonds. The van der Waals surface area contributed by atoms with Crippen molar-refractivity contribution >= 4 is 11.0 Å². The van der Waals surface area contributed by atoms with E-state index in [2.05, 4.69) is 23.1 Å². The molecule has 0 N–H and O–H groups in total. The van der Waals surface area contributed by atoms with E-state index in [1.807, 2.05) is 24.9 Å². The van der Waals surface area contributed by atoms with Gasteiger partial charge in [-0.2, -0.15) is 5.10 Å². The summed E-state index contributed by atoms with van der Waals surface area (Å²) in [6.45, 7) is 4.18. The average molecular weight is 175 g/mol. The maximum atomic E-state index is 4.35. The van der Waals surface area contributed by atoms with Crippen LogP contribution in [0.3, 0.4) is 0 Å². The first kappa shape index (κ1) is 8.23. The second-order valence-corrected chi connectivity index (χ2v) is 3.23. The van der Waals surface area contributed by atoms with Crippen LogP contribution in [0.15, 0.2) is 12.3 Å². The molecule has 68 valence electrons. The van der Waals surface area contributed by atoms with Gasteiger partial charge in [-0.1, -0.05) is 6.92 Å². The van der Waals surface area contributed by atoms with Crippen LogP contribution in [0.1, 0.15) is 18.2 Å². The van der Waals surface area contributed by atoms with Crippen molar-refractivity contribution in [2.75, 3.05) is 0 Å². The van der Waals surface area contributed by atoms with Crippen molar-refractivity contribution in [3.05, 3.63) is 23.5 Å². The van der Waals surface area contributed by atoms with E-state index >= 15 is 0 Å². The van der Waals surface area contributed by atoms with Crippen LogP contribution in [0.5, 0.6) is 0 Å². The lowest BCUT2D eigenvalue weighted by molar-refractivity contribution is 0.774. The molecular formula is C10H13N3. The molecule has 0 bridgehead atoms. The van der Waals surface area contributed by atoms with E-state index in [1.165, 1.54) is 10.9 Å². The van der Waals surface area contributed by atoms with Crippen molar-refractivity contribution in [3.8, 4) is 0 Å². The highest BCUT2D eigenvalue weighted by molar-refractivity contribution is 5.81. The molecule has 0 radical (unpaired) electrons. The number of pyridine rings is 1. The van der Waals surface area contributed by atoms with Gasteiger partial charge in [0.2, 0.25) is 0 Å². The van der Waals surface area contributed by atoms with Crippen LogP contribution in [0.2, 0.25) is 0 Å². The van der Waals surface area contributed by atoms with Gasteiger partial charge in [0, 0.05) is 18.6 Å². The van der Waals surface area contributed by atoms with Crippen LogP contribution in [-0.4, -0.2) is 14.8 Å². The van der Waals surface area contributed by atoms with E-state index in [1.54, 1.807) is 0 Å². The zero-order valence-electron chi connectivity index (χ0n) is 8.20. The van der Waals surface area contributed by atoms with Gasteiger partial charge >= 0.3 is 0 Å². The van der Waals surface area contributed by atoms with Gasteiger partial charge in [0.25, 0.3) is 0 Å². The van der Waals surface area contributed by atoms with Crippen molar-refractivity contribution in [1.29, 1.82) is 0 Å². The number of aryl methyl sites for hydroxylation is 3. The molecule has 2 aromatic rings. The SMILES string of the molecule is CCc1ccnc2c1c(C)nn2C. The zero-order valence-corrected chi connectivity index (χ0v) is 8.20. The molecule has 0 unspecified atom stereocenters. The highest BCUT2D eigenvalue weighted by Gasteiger charge is 2.08. The Bertz CT molecular complexity index is 443. The molecule has 3 nitrogen and oxygen atoms in total. The average Bonchev–Trinajstić information content (AvgIpc) is 2.43. The van der Waals surface area contributed by atoms with Gasteiger partial charge in [-0.3, -0.25) is 4.68 Å². The molecule has 0 saturated carbocycles. The summed E-state index contributed by atoms with van der Waals surface area (Å²) in [6.07, 6.45) is 2.88. The molecular weight excluding hydrogens is 162 g/mol. The summed E-state index contributed by atoms with van der Waals surface area (Å²) in [5, 5.41) is 5.57. The van der Waals surface area contributed by atoms with Gasteiger partial charge in [-0.05, 0) is 25.0 Å². The zero-order chi connectivity index (χ0) is 9.42. The molecule has 0 aromatic carbocycles. The summed E-state index contributed by atoms with van der Waals surface area (Å²) in [7, 11) is 1.93. The molecule has 0 aliphatic carbocycles. The summed E-state index contributed by atoms with van der Waals surface area (Å²) in [4.78, 5) is 4.31. The fraction of sp³-hybridized carbons (Fsp3) is 0.400. The molecule has 13 heavy (non-hydrogen) atoms. The van der Waals surface area contributed by atoms with Crippen LogP contribution in [0, 0.1) is 6.92 Å². The summed E-state index contributed by atoms with van der Waals surface area (Å²) >= 11 is 0. The minimum absolute atomic E-state index is 0.983. The maximum absolute atomic E-state index is 4.35. The lowest BCUT2D eigenvalue weighted by atomic mass is 10.1. The third kappa shape index (κ3) is 1.11. The van der Waals surface area contributed by atoms with Crippen LogP contribution < -0.4 is 0 Å². The molecule has 0 fully saturated rings. The number of hydrogen-bond acceptors (Lipinski definition) is 2. The first-order chi connectivity index (χ1) is 6.24. The quantitative estimate of drug-likeness (QED) is 0.662. The Labute approximate surface area is 77.4 Å². The lowest BCUT2D eigenvalue weighted by Gasteiger charge is -1.98. The second kappa shape index (κ2) is 2.83. The Kier molecular flexibility index (Phi) is 1.79. The largest absolute Gasteiger partial charge is 0.250 e. The van der Waals surface area contributed by atoms with Gasteiger partial charge in [0.1, 0.15) is 0 Å². The Balaban J connectivity index is 2.88. The molecule has 2 heterocycles. The van der Waals surface area contributed by atoms with Crippen LogP contribution in [-0.2, 0) is 13.5 Å². The van der Waals surface area contributed by atoms with E-state index in [9.17, 15) is 0 Å². The van der Waals surface area contributed by atoms with E-state index in [0.29, 0.717) is 0 Å². The fourth-order valence-corrected chi connectivity index (χ4v) is 1.75. The van der Waals surface area contributed by atoms with Gasteiger partial charge in [-0.15, -0.1) is 0 Å². The molecule has 0 spiro atoms. The molecule has 0 saturated heterocycles. The summed E-state index contributed by atoms with van der Waals surface area (Å²) in [5.74, 6) is 0. The van der Waals surface area contributed by atoms with Gasteiger partial charge in [-0.25, -0.2) is 4.98 Å². The fourth-order valence-electron chi connectivity index (χ4n) is 1.75. The van der Waals surface area contributed by atoms with Crippen molar-refractivity contribution in [3.63, 3.8) is 0 Å². The number of aromatic nitrogens is 3. The maximum Gasteiger partial charge on any atom is 0.157 e. The summed E-state index contributed by atoms with van der Waals surface area (Å²) < 4.78 is 1.84. The number of nitrogens with zero attached hydrogens (tertiary/aromatic N) is 3. The Hall–Kier alpha value is -1.38. The predicted molar refractivity (Wildman–Crippen MR) is 52.6 cm³/mol. The predicted octanol–water partition coefficient (Wildman–Crippen LogP) is 1.84. The normalized spacial score (nSPS) is 11.0.